The number of aliphatic hydroxyl groups excluding tert-OH is 3. The van der Waals surface area contributed by atoms with Crippen molar-refractivity contribution in [2.24, 2.45) is 0 Å². The smallest absolute Gasteiger partial charge is 0.238 e. The minimum atomic E-state index is -1.64. The Hall–Kier alpha value is -2.27. The van der Waals surface area contributed by atoms with Crippen LogP contribution >= 0.6 is 11.8 Å². The van der Waals surface area contributed by atoms with E-state index in [9.17, 15) is 38.4 Å². The second-order valence-corrected chi connectivity index (χ2v) is 12.0. The van der Waals surface area contributed by atoms with Gasteiger partial charge in [-0.15, -0.1) is 16.9 Å². The van der Waals surface area contributed by atoms with E-state index in [2.05, 4.69) is 10.3 Å². The Morgan fingerprint density at radius 3 is 2.44 bits per heavy atom. The number of aromatic nitrogens is 3. The predicted molar refractivity (Wildman–Crippen MR) is 139 cm³/mol. The molecule has 1 aliphatic carbocycles. The van der Waals surface area contributed by atoms with Crippen molar-refractivity contribution in [3.63, 3.8) is 0 Å². The summed E-state index contributed by atoms with van der Waals surface area (Å²) in [5.74, 6) is -4.82. The maximum atomic E-state index is 13.8. The first-order valence-corrected chi connectivity index (χ1v) is 14.4. The lowest BCUT2D eigenvalue weighted by atomic mass is 9.87. The Kier molecular flexibility index (Phi) is 8.95. The largest absolute Gasteiger partial charge is 0.394 e. The number of amides is 1. The molecule has 2 saturated heterocycles. The molecular formula is C26H33F3N4O7S. The first-order chi connectivity index (χ1) is 19.5. The van der Waals surface area contributed by atoms with Crippen molar-refractivity contribution in [3.05, 3.63) is 35.8 Å². The molecule has 0 unspecified atom stereocenters. The van der Waals surface area contributed by atoms with Gasteiger partial charge in [0.15, 0.2) is 17.5 Å². The molecule has 41 heavy (non-hydrogen) atoms. The van der Waals surface area contributed by atoms with E-state index >= 15 is 0 Å². The minimum Gasteiger partial charge on any atom is -0.394 e. The molecule has 0 radical (unpaired) electrons. The number of nitrogens with zero attached hydrogens (tertiary/aromatic N) is 4. The highest BCUT2D eigenvalue weighted by atomic mass is 32.2. The summed E-state index contributed by atoms with van der Waals surface area (Å²) in [6.07, 6.45) is 0.0413. The van der Waals surface area contributed by atoms with E-state index in [0.717, 1.165) is 47.8 Å². The molecule has 6 atom stereocenters. The quantitative estimate of drug-likeness (QED) is 0.322. The molecule has 2 aromatic rings. The molecule has 226 valence electrons. The summed E-state index contributed by atoms with van der Waals surface area (Å²) in [4.78, 5) is 15.3. The summed E-state index contributed by atoms with van der Waals surface area (Å²) in [5, 5.41) is 50.6. The molecule has 0 spiro atoms. The topological polar surface area (TPSA) is 150 Å². The summed E-state index contributed by atoms with van der Waals surface area (Å²) in [5.41, 5.74) is -2.85. The van der Waals surface area contributed by atoms with Crippen molar-refractivity contribution in [1.82, 2.24) is 19.9 Å². The molecule has 1 aromatic heterocycles. The Labute approximate surface area is 238 Å². The van der Waals surface area contributed by atoms with Crippen molar-refractivity contribution < 1.29 is 47.9 Å². The van der Waals surface area contributed by atoms with Gasteiger partial charge in [0, 0.05) is 44.7 Å². The van der Waals surface area contributed by atoms with E-state index in [0.29, 0.717) is 0 Å². The van der Waals surface area contributed by atoms with Gasteiger partial charge in [0.05, 0.1) is 18.4 Å². The molecule has 5 rings (SSSR count). The fraction of sp³-hybridized carbons (Fsp3) is 0.654. The summed E-state index contributed by atoms with van der Waals surface area (Å²) in [7, 11) is 1.68. The van der Waals surface area contributed by atoms with E-state index in [1.54, 1.807) is 11.9 Å². The minimum absolute atomic E-state index is 0.0423. The molecule has 0 bridgehead atoms. The number of benzene rings is 1. The third-order valence-corrected chi connectivity index (χ3v) is 9.83. The van der Waals surface area contributed by atoms with Crippen LogP contribution in [0.25, 0.3) is 11.3 Å². The monoisotopic (exact) mass is 602 g/mol. The normalized spacial score (nSPS) is 29.1. The number of carbonyl (C=O) groups is 1. The predicted octanol–water partition coefficient (Wildman–Crippen LogP) is 0.997. The van der Waals surface area contributed by atoms with E-state index in [1.807, 2.05) is 0 Å². The van der Waals surface area contributed by atoms with E-state index < -0.39 is 64.7 Å². The van der Waals surface area contributed by atoms with Crippen molar-refractivity contribution in [2.45, 2.75) is 78.8 Å². The lowest BCUT2D eigenvalue weighted by molar-refractivity contribution is -0.179. The zero-order valence-electron chi connectivity index (χ0n) is 22.3. The molecule has 1 amide bonds. The third kappa shape index (κ3) is 5.85. The first kappa shape index (κ1) is 30.2. The molecule has 11 nitrogen and oxygen atoms in total. The lowest BCUT2D eigenvalue weighted by Gasteiger charge is -2.46. The maximum absolute atomic E-state index is 13.8. The van der Waals surface area contributed by atoms with Gasteiger partial charge in [-0.1, -0.05) is 5.21 Å². The first-order valence-electron chi connectivity index (χ1n) is 13.5. The highest BCUT2D eigenvalue weighted by Crippen LogP contribution is 2.42. The van der Waals surface area contributed by atoms with Crippen LogP contribution in [0.1, 0.15) is 38.1 Å². The number of aliphatic hydroxyl groups is 4. The zero-order valence-corrected chi connectivity index (χ0v) is 23.1. The average molecular weight is 603 g/mol. The van der Waals surface area contributed by atoms with E-state index in [-0.39, 0.29) is 49.3 Å². The van der Waals surface area contributed by atoms with Crippen molar-refractivity contribution in [3.8, 4) is 11.3 Å². The van der Waals surface area contributed by atoms with Crippen LogP contribution < -0.4 is 0 Å². The van der Waals surface area contributed by atoms with E-state index in [1.165, 1.54) is 6.20 Å². The maximum Gasteiger partial charge on any atom is 0.238 e. The van der Waals surface area contributed by atoms with Crippen molar-refractivity contribution in [1.29, 1.82) is 0 Å². The average Bonchev–Trinajstić information content (AvgIpc) is 3.40. The van der Waals surface area contributed by atoms with Crippen LogP contribution in [0.15, 0.2) is 18.3 Å². The van der Waals surface area contributed by atoms with Crippen molar-refractivity contribution in [2.75, 3.05) is 26.9 Å². The van der Waals surface area contributed by atoms with Crippen LogP contribution in [-0.4, -0.2) is 114 Å². The SMILES string of the molecule is CN(C(=O)[C@@H](S[C@@H]1O[C@H](CO)[C@H](O)[C@H](n2cc(-c3cc(F)c(F)c(F)c3)nn2)[C@H]1O)C1(O)CCOCC1)C1CCC1. The molecule has 4 N–H and O–H groups in total. The third-order valence-electron chi connectivity index (χ3n) is 8.26. The summed E-state index contributed by atoms with van der Waals surface area (Å²) < 4.78 is 53.4. The fourth-order valence-electron chi connectivity index (χ4n) is 5.43. The second kappa shape index (κ2) is 12.1. The standard InChI is InChI=1S/C26H33F3N4O7S/c1-32(14-3-2-4-14)24(37)23(26(38)5-7-39-8-6-26)41-25-22(36)20(21(35)18(12-34)40-25)33-11-17(30-31-33)13-9-15(27)19(29)16(28)10-13/h9-11,14,18,20-23,25,34-36,38H,2-8,12H2,1H3/t18-,20+,21+,22-,23-,25+/m1/s1. The van der Waals surface area contributed by atoms with Gasteiger partial charge in [0.25, 0.3) is 0 Å². The Bertz CT molecular complexity index is 1220. The lowest BCUT2D eigenvalue weighted by Crippen LogP contribution is -2.59. The highest BCUT2D eigenvalue weighted by molar-refractivity contribution is 8.01. The van der Waals surface area contributed by atoms with Crippen LogP contribution in [0.4, 0.5) is 13.2 Å². The van der Waals surface area contributed by atoms with Crippen LogP contribution in [-0.2, 0) is 14.3 Å². The zero-order chi connectivity index (χ0) is 29.5. The molecule has 2 aliphatic heterocycles. The van der Waals surface area contributed by atoms with Crippen LogP contribution in [0.2, 0.25) is 0 Å². The number of hydrogen-bond acceptors (Lipinski definition) is 10. The highest BCUT2D eigenvalue weighted by Gasteiger charge is 2.52. The molecule has 15 heteroatoms. The summed E-state index contributed by atoms with van der Waals surface area (Å²) >= 11 is 0.902. The summed E-state index contributed by atoms with van der Waals surface area (Å²) in [6, 6.07) is 0.254. The van der Waals surface area contributed by atoms with Gasteiger partial charge >= 0.3 is 0 Å². The number of rotatable bonds is 8. The second-order valence-electron chi connectivity index (χ2n) is 10.8. The molecule has 3 aliphatic rings. The van der Waals surface area contributed by atoms with Gasteiger partial charge in [-0.05, 0) is 31.4 Å². The van der Waals surface area contributed by atoms with Crippen LogP contribution in [0.3, 0.4) is 0 Å². The number of thioether (sulfide) groups is 1. The Morgan fingerprint density at radius 1 is 1.20 bits per heavy atom. The molecular weight excluding hydrogens is 569 g/mol. The molecule has 3 fully saturated rings. The van der Waals surface area contributed by atoms with Gasteiger partial charge in [-0.2, -0.15) is 0 Å². The van der Waals surface area contributed by atoms with Gasteiger partial charge < -0.3 is 34.8 Å². The Morgan fingerprint density at radius 2 is 1.85 bits per heavy atom. The van der Waals surface area contributed by atoms with Crippen LogP contribution in [0.5, 0.6) is 0 Å². The van der Waals surface area contributed by atoms with E-state index in [4.69, 9.17) is 9.47 Å². The molecule has 1 saturated carbocycles. The number of carbonyl (C=O) groups excluding carboxylic acids is 1. The van der Waals surface area contributed by atoms with Gasteiger partial charge in [0.1, 0.15) is 40.7 Å². The van der Waals surface area contributed by atoms with Gasteiger partial charge in [-0.3, -0.25) is 4.79 Å². The number of ether oxygens (including phenoxy) is 2. The van der Waals surface area contributed by atoms with Gasteiger partial charge in [-0.25, -0.2) is 17.9 Å². The Balaban J connectivity index is 1.43. The fourth-order valence-corrected chi connectivity index (χ4v) is 6.99. The summed E-state index contributed by atoms with van der Waals surface area (Å²) in [6.45, 7) is -0.153. The number of halogens is 3. The van der Waals surface area contributed by atoms with Crippen molar-refractivity contribution >= 4 is 17.7 Å². The number of hydrogen-bond donors (Lipinski definition) is 4. The van der Waals surface area contributed by atoms with Gasteiger partial charge in [0.2, 0.25) is 5.91 Å². The molecule has 1 aromatic carbocycles. The molecule has 3 heterocycles. The van der Waals surface area contributed by atoms with Crippen LogP contribution in [0, 0.1) is 17.5 Å².